The molecule has 0 amide bonds. The maximum Gasteiger partial charge on any atom is 0.162 e. The van der Waals surface area contributed by atoms with E-state index in [1.54, 1.807) is 23.7 Å². The molecule has 0 aliphatic carbocycles. The van der Waals surface area contributed by atoms with Gasteiger partial charge in [-0.25, -0.2) is 9.97 Å². The van der Waals surface area contributed by atoms with Gasteiger partial charge >= 0.3 is 0 Å². The second-order valence-electron chi connectivity index (χ2n) is 4.17. The van der Waals surface area contributed by atoms with Gasteiger partial charge in [0.2, 0.25) is 0 Å². The monoisotopic (exact) mass is 278 g/mol. The van der Waals surface area contributed by atoms with Crippen molar-refractivity contribution >= 4 is 11.3 Å². The van der Waals surface area contributed by atoms with Gasteiger partial charge in [-0.3, -0.25) is 4.98 Å². The number of aromatic nitrogens is 3. The Morgan fingerprint density at radius 1 is 1.00 bits per heavy atom. The summed E-state index contributed by atoms with van der Waals surface area (Å²) in [5.74, 6) is 0. The van der Waals surface area contributed by atoms with E-state index < -0.39 is 0 Å². The van der Waals surface area contributed by atoms with Crippen LogP contribution >= 0.6 is 11.3 Å². The van der Waals surface area contributed by atoms with Gasteiger partial charge in [0.25, 0.3) is 0 Å². The first kappa shape index (κ1) is 12.5. The minimum Gasteiger partial charge on any atom is -0.256 e. The Labute approximate surface area is 120 Å². The minimum atomic E-state index is 0.386. The lowest BCUT2D eigenvalue weighted by Crippen LogP contribution is -1.98. The predicted octanol–water partition coefficient (Wildman–Crippen LogP) is 3.06. The van der Waals surface area contributed by atoms with Crippen LogP contribution in [-0.2, 0) is 6.42 Å². The fourth-order valence-corrected chi connectivity index (χ4v) is 2.56. The van der Waals surface area contributed by atoms with E-state index in [-0.39, 0.29) is 0 Å². The average molecular weight is 278 g/mol. The number of nitriles is 1. The molecule has 4 nitrogen and oxygen atoms in total. The first-order valence-corrected chi connectivity index (χ1v) is 6.93. The van der Waals surface area contributed by atoms with Crippen molar-refractivity contribution in [3.05, 3.63) is 65.2 Å². The molecule has 20 heavy (non-hydrogen) atoms. The van der Waals surface area contributed by atoms with E-state index >= 15 is 0 Å². The SMILES string of the molecule is N#Cc1nccnc1Cc1ccc(-c2nccs2)cc1. The van der Waals surface area contributed by atoms with Gasteiger partial charge in [-0.2, -0.15) is 5.26 Å². The molecule has 2 heterocycles. The summed E-state index contributed by atoms with van der Waals surface area (Å²) in [6.07, 6.45) is 5.55. The number of hydrogen-bond acceptors (Lipinski definition) is 5. The van der Waals surface area contributed by atoms with Crippen molar-refractivity contribution in [3.63, 3.8) is 0 Å². The first-order valence-electron chi connectivity index (χ1n) is 6.05. The molecule has 0 saturated heterocycles. The van der Waals surface area contributed by atoms with E-state index in [2.05, 4.69) is 21.0 Å². The van der Waals surface area contributed by atoms with E-state index in [1.165, 1.54) is 6.20 Å². The average Bonchev–Trinajstić information content (AvgIpc) is 3.03. The van der Waals surface area contributed by atoms with Crippen LogP contribution in [0.15, 0.2) is 48.2 Å². The zero-order valence-corrected chi connectivity index (χ0v) is 11.3. The summed E-state index contributed by atoms with van der Waals surface area (Å²) in [5.41, 5.74) is 3.29. The Bertz CT molecular complexity index is 742. The third-order valence-electron chi connectivity index (χ3n) is 2.88. The lowest BCUT2D eigenvalue weighted by atomic mass is 10.1. The Morgan fingerprint density at radius 2 is 1.80 bits per heavy atom. The molecular weight excluding hydrogens is 268 g/mol. The zero-order valence-electron chi connectivity index (χ0n) is 10.5. The van der Waals surface area contributed by atoms with Crippen molar-refractivity contribution in [2.24, 2.45) is 0 Å². The summed E-state index contributed by atoms with van der Waals surface area (Å²) in [6.45, 7) is 0. The lowest BCUT2D eigenvalue weighted by molar-refractivity contribution is 1.01. The van der Waals surface area contributed by atoms with Crippen molar-refractivity contribution in [2.75, 3.05) is 0 Å². The van der Waals surface area contributed by atoms with Crippen LogP contribution in [0.25, 0.3) is 10.6 Å². The van der Waals surface area contributed by atoms with Gasteiger partial charge in [0.05, 0.1) is 5.69 Å². The molecule has 0 unspecified atom stereocenters. The molecule has 0 bridgehead atoms. The highest BCUT2D eigenvalue weighted by Crippen LogP contribution is 2.22. The fourth-order valence-electron chi connectivity index (χ4n) is 1.91. The Kier molecular flexibility index (Phi) is 3.48. The number of benzene rings is 1. The number of thiazole rings is 1. The topological polar surface area (TPSA) is 62.5 Å². The molecule has 96 valence electrons. The van der Waals surface area contributed by atoms with Crippen LogP contribution in [-0.4, -0.2) is 15.0 Å². The molecule has 5 heteroatoms. The molecule has 0 spiro atoms. The largest absolute Gasteiger partial charge is 0.256 e. The summed E-state index contributed by atoms with van der Waals surface area (Å²) in [4.78, 5) is 12.5. The fraction of sp³-hybridized carbons (Fsp3) is 0.0667. The van der Waals surface area contributed by atoms with Crippen molar-refractivity contribution < 1.29 is 0 Å². The molecule has 0 aliphatic rings. The molecular formula is C15H10N4S. The number of hydrogen-bond donors (Lipinski definition) is 0. The zero-order chi connectivity index (χ0) is 13.8. The standard InChI is InChI=1S/C15H10N4S/c16-10-14-13(17-5-6-18-14)9-11-1-3-12(4-2-11)15-19-7-8-20-15/h1-8H,9H2. The van der Waals surface area contributed by atoms with Crippen molar-refractivity contribution in [3.8, 4) is 16.6 Å². The Hall–Kier alpha value is -2.58. The van der Waals surface area contributed by atoms with Crippen LogP contribution in [0.2, 0.25) is 0 Å². The van der Waals surface area contributed by atoms with Crippen LogP contribution in [0.4, 0.5) is 0 Å². The maximum absolute atomic E-state index is 9.01. The van der Waals surface area contributed by atoms with Gasteiger partial charge in [-0.15, -0.1) is 11.3 Å². The van der Waals surface area contributed by atoms with E-state index in [9.17, 15) is 0 Å². The Morgan fingerprint density at radius 3 is 2.50 bits per heavy atom. The molecule has 2 aromatic heterocycles. The molecule has 1 aromatic carbocycles. The maximum atomic E-state index is 9.01. The summed E-state index contributed by atoms with van der Waals surface area (Å²) >= 11 is 1.62. The van der Waals surface area contributed by atoms with E-state index in [1.807, 2.05) is 29.6 Å². The molecule has 3 rings (SSSR count). The summed E-state index contributed by atoms with van der Waals surface area (Å²) in [6, 6.07) is 10.2. The second kappa shape index (κ2) is 5.59. The third-order valence-corrected chi connectivity index (χ3v) is 3.71. The van der Waals surface area contributed by atoms with E-state index in [0.29, 0.717) is 17.8 Å². The van der Waals surface area contributed by atoms with Gasteiger partial charge < -0.3 is 0 Å². The summed E-state index contributed by atoms with van der Waals surface area (Å²) in [7, 11) is 0. The van der Waals surface area contributed by atoms with Crippen LogP contribution in [0, 0.1) is 11.3 Å². The molecule has 0 aliphatic heterocycles. The lowest BCUT2D eigenvalue weighted by Gasteiger charge is -2.03. The quantitative estimate of drug-likeness (QED) is 0.738. The minimum absolute atomic E-state index is 0.386. The van der Waals surface area contributed by atoms with Crippen molar-refractivity contribution in [1.29, 1.82) is 5.26 Å². The number of nitrogens with zero attached hydrogens (tertiary/aromatic N) is 4. The molecule has 0 radical (unpaired) electrons. The molecule has 0 N–H and O–H groups in total. The van der Waals surface area contributed by atoms with Crippen molar-refractivity contribution in [1.82, 2.24) is 15.0 Å². The molecule has 0 atom stereocenters. The summed E-state index contributed by atoms with van der Waals surface area (Å²) in [5, 5.41) is 12.0. The first-order chi connectivity index (χ1) is 9.86. The smallest absolute Gasteiger partial charge is 0.162 e. The van der Waals surface area contributed by atoms with Gasteiger partial charge in [0.15, 0.2) is 5.69 Å². The van der Waals surface area contributed by atoms with Crippen LogP contribution in [0.5, 0.6) is 0 Å². The second-order valence-corrected chi connectivity index (χ2v) is 5.07. The van der Waals surface area contributed by atoms with Gasteiger partial charge in [-0.05, 0) is 5.56 Å². The highest BCUT2D eigenvalue weighted by atomic mass is 32.1. The summed E-state index contributed by atoms with van der Waals surface area (Å²) < 4.78 is 0. The normalized spacial score (nSPS) is 10.2. The van der Waals surface area contributed by atoms with Gasteiger partial charge in [-0.1, -0.05) is 24.3 Å². The van der Waals surface area contributed by atoms with Crippen molar-refractivity contribution in [2.45, 2.75) is 6.42 Å². The van der Waals surface area contributed by atoms with Gasteiger partial charge in [0.1, 0.15) is 11.1 Å². The van der Waals surface area contributed by atoms with Crippen LogP contribution in [0.3, 0.4) is 0 Å². The van der Waals surface area contributed by atoms with E-state index in [4.69, 9.17) is 5.26 Å². The highest BCUT2D eigenvalue weighted by Gasteiger charge is 2.06. The third kappa shape index (κ3) is 2.56. The highest BCUT2D eigenvalue weighted by molar-refractivity contribution is 7.13. The van der Waals surface area contributed by atoms with E-state index in [0.717, 1.165) is 16.1 Å². The van der Waals surface area contributed by atoms with Crippen LogP contribution < -0.4 is 0 Å². The molecule has 0 fully saturated rings. The van der Waals surface area contributed by atoms with Crippen LogP contribution in [0.1, 0.15) is 17.0 Å². The predicted molar refractivity (Wildman–Crippen MR) is 77.1 cm³/mol. The molecule has 3 aromatic rings. The van der Waals surface area contributed by atoms with Gasteiger partial charge in [0, 0.05) is 36.0 Å². The Balaban J connectivity index is 1.84. The molecule has 0 saturated carbocycles. The number of rotatable bonds is 3.